The number of Topliss-reactive ketones (excluding diaryl/α,β-unsaturated/α-hetero) is 1. The number of hydrogen-bond donors (Lipinski definition) is 2. The maximum absolute atomic E-state index is 13.3. The Morgan fingerprint density at radius 1 is 1.20 bits per heavy atom. The van der Waals surface area contributed by atoms with Gasteiger partial charge >= 0.3 is 0 Å². The average Bonchev–Trinajstić information content (AvgIpc) is 3.41. The van der Waals surface area contributed by atoms with Crippen LogP contribution in [0.2, 0.25) is 15.1 Å². The van der Waals surface area contributed by atoms with Crippen molar-refractivity contribution in [3.63, 3.8) is 0 Å². The predicted octanol–water partition coefficient (Wildman–Crippen LogP) is 6.54. The van der Waals surface area contributed by atoms with E-state index >= 15 is 0 Å². The number of nitrogens with zero attached hydrogens (tertiary/aromatic N) is 4. The standard InChI is InChI=1S/C27H21Cl3N6O3S2/c1-39-21-8-6-14(10-18(21)30)33-22(38)12-40-27-35-34-26(41-27)36-19-3-2-4-20(37)24(19)23(15(11-31)25(36)32)13-5-7-16(28)17(29)9-13/h5-10,23H,2-4,12,32H2,1H3,(H,33,38). The van der Waals surface area contributed by atoms with E-state index < -0.39 is 5.92 Å². The zero-order valence-electron chi connectivity index (χ0n) is 21.4. The summed E-state index contributed by atoms with van der Waals surface area (Å²) < 4.78 is 5.65. The first-order valence-electron chi connectivity index (χ1n) is 12.2. The molecule has 0 radical (unpaired) electrons. The van der Waals surface area contributed by atoms with Gasteiger partial charge in [0.2, 0.25) is 11.0 Å². The van der Waals surface area contributed by atoms with Gasteiger partial charge in [-0.3, -0.25) is 14.5 Å². The van der Waals surface area contributed by atoms with Crippen molar-refractivity contribution in [2.75, 3.05) is 23.1 Å². The molecule has 0 saturated heterocycles. The number of thioether (sulfide) groups is 1. The van der Waals surface area contributed by atoms with Gasteiger partial charge in [-0.25, -0.2) is 0 Å². The predicted molar refractivity (Wildman–Crippen MR) is 162 cm³/mol. The summed E-state index contributed by atoms with van der Waals surface area (Å²) >= 11 is 21.0. The number of anilines is 2. The summed E-state index contributed by atoms with van der Waals surface area (Å²) in [6.07, 6.45) is 1.55. The lowest BCUT2D eigenvalue weighted by molar-refractivity contribution is -0.116. The summed E-state index contributed by atoms with van der Waals surface area (Å²) in [6.45, 7) is 0. The quantitative estimate of drug-likeness (QED) is 0.274. The van der Waals surface area contributed by atoms with Crippen LogP contribution in [0.5, 0.6) is 5.75 Å². The first-order valence-corrected chi connectivity index (χ1v) is 15.2. The number of hydrogen-bond acceptors (Lipinski definition) is 10. The van der Waals surface area contributed by atoms with E-state index in [0.717, 1.165) is 0 Å². The van der Waals surface area contributed by atoms with Crippen molar-refractivity contribution in [1.82, 2.24) is 10.2 Å². The molecule has 2 aliphatic rings. The number of benzene rings is 2. The molecule has 1 aliphatic carbocycles. The molecule has 0 bridgehead atoms. The van der Waals surface area contributed by atoms with Gasteiger partial charge in [0.15, 0.2) is 10.1 Å². The maximum atomic E-state index is 13.3. The Kier molecular flexibility index (Phi) is 8.77. The van der Waals surface area contributed by atoms with E-state index in [1.165, 1.54) is 30.2 Å². The van der Waals surface area contributed by atoms with E-state index in [1.54, 1.807) is 41.3 Å². The summed E-state index contributed by atoms with van der Waals surface area (Å²) in [5, 5.41) is 22.9. The van der Waals surface area contributed by atoms with Crippen LogP contribution >= 0.6 is 57.9 Å². The SMILES string of the molecule is COc1ccc(NC(=O)CSc2nnc(N3C(N)=C(C#N)C(c4ccc(Cl)c(Cl)c4)C4=C3CCCC4=O)s2)cc1Cl. The number of nitrogens with one attached hydrogen (secondary N) is 1. The third kappa shape index (κ3) is 5.89. The van der Waals surface area contributed by atoms with Crippen LogP contribution in [-0.4, -0.2) is 34.8 Å². The summed E-state index contributed by atoms with van der Waals surface area (Å²) in [7, 11) is 1.51. The number of halogens is 3. The molecule has 2 aromatic carbocycles. The minimum Gasteiger partial charge on any atom is -0.495 e. The Balaban J connectivity index is 1.40. The molecule has 0 spiro atoms. The number of rotatable bonds is 7. The van der Waals surface area contributed by atoms with Gasteiger partial charge in [-0.1, -0.05) is 64.0 Å². The number of carbonyl (C=O) groups is 2. The van der Waals surface area contributed by atoms with Gasteiger partial charge in [0.05, 0.1) is 45.5 Å². The minimum absolute atomic E-state index is 0.0676. The summed E-state index contributed by atoms with van der Waals surface area (Å²) in [5.41, 5.74) is 9.15. The van der Waals surface area contributed by atoms with Gasteiger partial charge in [-0.05, 0) is 48.7 Å². The van der Waals surface area contributed by atoms with E-state index in [4.69, 9.17) is 45.3 Å². The molecule has 3 aromatic rings. The zero-order valence-corrected chi connectivity index (χ0v) is 25.3. The van der Waals surface area contributed by atoms with Gasteiger partial charge in [-0.2, -0.15) is 5.26 Å². The Morgan fingerprint density at radius 3 is 2.71 bits per heavy atom. The number of methoxy groups -OCH3 is 1. The van der Waals surface area contributed by atoms with E-state index in [2.05, 4.69) is 21.6 Å². The largest absolute Gasteiger partial charge is 0.495 e. The van der Waals surface area contributed by atoms with Crippen molar-refractivity contribution >= 4 is 80.4 Å². The topological polar surface area (TPSA) is 134 Å². The first kappa shape index (κ1) is 29.2. The van der Waals surface area contributed by atoms with E-state index in [-0.39, 0.29) is 28.8 Å². The number of allylic oxidation sites excluding steroid dienone is 3. The highest BCUT2D eigenvalue weighted by Crippen LogP contribution is 2.47. The van der Waals surface area contributed by atoms with E-state index in [1.807, 2.05) is 0 Å². The number of ether oxygens (including phenoxy) is 1. The number of aromatic nitrogens is 2. The normalized spacial score (nSPS) is 16.9. The summed E-state index contributed by atoms with van der Waals surface area (Å²) in [5.74, 6) is -0.262. The smallest absolute Gasteiger partial charge is 0.234 e. The van der Waals surface area contributed by atoms with Crippen LogP contribution in [0.4, 0.5) is 10.8 Å². The second-order valence-electron chi connectivity index (χ2n) is 9.03. The van der Waals surface area contributed by atoms with Gasteiger partial charge in [0, 0.05) is 23.4 Å². The zero-order chi connectivity index (χ0) is 29.3. The molecule has 41 heavy (non-hydrogen) atoms. The van der Waals surface area contributed by atoms with Crippen LogP contribution in [0.1, 0.15) is 30.7 Å². The second-order valence-corrected chi connectivity index (χ2v) is 12.4. The molecule has 3 N–H and O–H groups in total. The molecule has 14 heteroatoms. The van der Waals surface area contributed by atoms with Gasteiger partial charge < -0.3 is 15.8 Å². The number of carbonyl (C=O) groups excluding carboxylic acids is 2. The van der Waals surface area contributed by atoms with Gasteiger partial charge in [0.25, 0.3) is 0 Å². The van der Waals surface area contributed by atoms with E-state index in [9.17, 15) is 14.9 Å². The highest BCUT2D eigenvalue weighted by molar-refractivity contribution is 8.01. The van der Waals surface area contributed by atoms with Crippen molar-refractivity contribution < 1.29 is 14.3 Å². The molecule has 0 saturated carbocycles. The Hall–Kier alpha value is -3.27. The van der Waals surface area contributed by atoms with Crippen LogP contribution in [0.25, 0.3) is 0 Å². The molecule has 0 fully saturated rings. The van der Waals surface area contributed by atoms with Crippen LogP contribution in [-0.2, 0) is 9.59 Å². The van der Waals surface area contributed by atoms with Gasteiger partial charge in [0.1, 0.15) is 11.6 Å². The molecular formula is C27H21Cl3N6O3S2. The number of amides is 1. The third-order valence-corrected chi connectivity index (χ3v) is 9.62. The van der Waals surface area contributed by atoms with Crippen LogP contribution in [0, 0.1) is 11.3 Å². The molecular weight excluding hydrogens is 627 g/mol. The fourth-order valence-corrected chi connectivity index (χ4v) is 6.99. The number of ketones is 1. The average molecular weight is 648 g/mol. The Bertz CT molecular complexity index is 1670. The van der Waals surface area contributed by atoms with Crippen molar-refractivity contribution in [2.45, 2.75) is 29.5 Å². The molecule has 210 valence electrons. The molecule has 2 heterocycles. The number of nitrogens with two attached hydrogens (primary N) is 1. The fraction of sp³-hybridized carbons (Fsp3) is 0.222. The van der Waals surface area contributed by atoms with Crippen molar-refractivity contribution in [3.8, 4) is 11.8 Å². The van der Waals surface area contributed by atoms with Crippen LogP contribution < -0.4 is 20.7 Å². The molecule has 5 rings (SSSR count). The summed E-state index contributed by atoms with van der Waals surface area (Å²) in [6, 6.07) is 12.2. The fourth-order valence-electron chi connectivity index (χ4n) is 4.75. The lowest BCUT2D eigenvalue weighted by atomic mass is 9.76. The molecule has 1 aliphatic heterocycles. The minimum atomic E-state index is -0.675. The highest BCUT2D eigenvalue weighted by Gasteiger charge is 2.41. The molecule has 1 atom stereocenters. The monoisotopic (exact) mass is 646 g/mol. The molecule has 9 nitrogen and oxygen atoms in total. The third-order valence-electron chi connectivity index (χ3n) is 6.54. The Morgan fingerprint density at radius 2 is 2.00 bits per heavy atom. The van der Waals surface area contributed by atoms with Crippen LogP contribution in [0.3, 0.4) is 0 Å². The molecule has 1 amide bonds. The lowest BCUT2D eigenvalue weighted by Gasteiger charge is -2.38. The van der Waals surface area contributed by atoms with Gasteiger partial charge in [-0.15, -0.1) is 10.2 Å². The number of nitriles is 1. The Labute approximate surface area is 258 Å². The maximum Gasteiger partial charge on any atom is 0.234 e. The van der Waals surface area contributed by atoms with Crippen molar-refractivity contribution in [1.29, 1.82) is 5.26 Å². The first-order chi connectivity index (χ1) is 19.7. The molecule has 1 aromatic heterocycles. The van der Waals surface area contributed by atoms with E-state index in [0.29, 0.717) is 72.1 Å². The van der Waals surface area contributed by atoms with Crippen molar-refractivity contribution in [2.24, 2.45) is 5.73 Å². The van der Waals surface area contributed by atoms with Crippen molar-refractivity contribution in [3.05, 3.63) is 79.7 Å². The lowest BCUT2D eigenvalue weighted by Crippen LogP contribution is -2.38. The summed E-state index contributed by atoms with van der Waals surface area (Å²) in [4.78, 5) is 27.5. The van der Waals surface area contributed by atoms with Crippen LogP contribution in [0.15, 0.2) is 63.4 Å². The molecule has 1 unspecified atom stereocenters. The second kappa shape index (κ2) is 12.3. The highest BCUT2D eigenvalue weighted by atomic mass is 35.5.